The number of hydrogen-bond donors (Lipinski definition) is 1. The molecule has 3 aromatic rings. The fraction of sp³-hybridized carbons (Fsp3) is 0.231. The second kappa shape index (κ2) is 9.29. The summed E-state index contributed by atoms with van der Waals surface area (Å²) in [5.74, 6) is -0.361. The van der Waals surface area contributed by atoms with Crippen LogP contribution in [-0.4, -0.2) is 19.7 Å². The highest BCUT2D eigenvalue weighted by atomic mass is 32.2. The Morgan fingerprint density at radius 1 is 0.971 bits per heavy atom. The lowest BCUT2D eigenvalue weighted by atomic mass is 9.94. The molecular formula is C26H21F3N2O3S. The van der Waals surface area contributed by atoms with Gasteiger partial charge in [-0.25, -0.2) is 8.42 Å². The van der Waals surface area contributed by atoms with E-state index in [-0.39, 0.29) is 29.1 Å². The van der Waals surface area contributed by atoms with Gasteiger partial charge in [-0.15, -0.1) is 0 Å². The van der Waals surface area contributed by atoms with Gasteiger partial charge in [0.2, 0.25) is 10.0 Å². The Kier molecular flexibility index (Phi) is 6.54. The monoisotopic (exact) mass is 498 g/mol. The summed E-state index contributed by atoms with van der Waals surface area (Å²) in [6.45, 7) is 0. The largest absolute Gasteiger partial charge is 0.416 e. The molecule has 0 atom stereocenters. The standard InChI is InChI=1S/C26H21F3N2O3S/c27-26(28,29)21-8-4-5-18(13-21)14-22(32)15-20-16-23(35(33,34)31-25(17-30)11-12-25)9-10-24(20)19-6-2-1-3-7-19/h1-10,13,16,31H,11-12,14-15H2. The zero-order chi connectivity index (χ0) is 25.3. The Morgan fingerprint density at radius 3 is 2.31 bits per heavy atom. The average molecular weight is 499 g/mol. The molecule has 0 unspecified atom stereocenters. The maximum absolute atomic E-state index is 13.0. The van der Waals surface area contributed by atoms with Gasteiger partial charge in [0, 0.05) is 12.8 Å². The van der Waals surface area contributed by atoms with E-state index in [0.29, 0.717) is 24.0 Å². The molecular weight excluding hydrogens is 477 g/mol. The van der Waals surface area contributed by atoms with Crippen molar-refractivity contribution in [2.45, 2.75) is 42.3 Å². The van der Waals surface area contributed by atoms with Crippen LogP contribution in [0.25, 0.3) is 11.1 Å². The molecule has 1 fully saturated rings. The number of rotatable bonds is 8. The van der Waals surface area contributed by atoms with E-state index in [0.717, 1.165) is 17.7 Å². The van der Waals surface area contributed by atoms with Crippen LogP contribution in [0.4, 0.5) is 13.2 Å². The summed E-state index contributed by atoms with van der Waals surface area (Å²) in [5.41, 5.74) is 0.124. The smallest absolute Gasteiger partial charge is 0.299 e. The van der Waals surface area contributed by atoms with Crippen LogP contribution >= 0.6 is 0 Å². The second-order valence-corrected chi connectivity index (χ2v) is 10.3. The topological polar surface area (TPSA) is 87.0 Å². The minimum Gasteiger partial charge on any atom is -0.299 e. The van der Waals surface area contributed by atoms with Gasteiger partial charge in [0.25, 0.3) is 0 Å². The van der Waals surface area contributed by atoms with Crippen LogP contribution in [0.1, 0.15) is 29.5 Å². The van der Waals surface area contributed by atoms with E-state index in [1.165, 1.54) is 24.3 Å². The number of carbonyl (C=O) groups is 1. The molecule has 1 saturated carbocycles. The lowest BCUT2D eigenvalue weighted by Crippen LogP contribution is -2.35. The molecule has 0 spiro atoms. The van der Waals surface area contributed by atoms with Crippen molar-refractivity contribution >= 4 is 15.8 Å². The zero-order valence-electron chi connectivity index (χ0n) is 18.5. The first-order valence-corrected chi connectivity index (χ1v) is 12.3. The summed E-state index contributed by atoms with van der Waals surface area (Å²) in [7, 11) is -4.01. The molecule has 0 radical (unpaired) electrons. The van der Waals surface area contributed by atoms with Crippen LogP contribution in [0.5, 0.6) is 0 Å². The highest BCUT2D eigenvalue weighted by molar-refractivity contribution is 7.89. The van der Waals surface area contributed by atoms with Crippen LogP contribution in [0.15, 0.2) is 77.7 Å². The number of nitrogens with one attached hydrogen (secondary N) is 1. The van der Waals surface area contributed by atoms with Crippen molar-refractivity contribution in [3.63, 3.8) is 0 Å². The van der Waals surface area contributed by atoms with E-state index < -0.39 is 27.3 Å². The molecule has 0 aliphatic heterocycles. The van der Waals surface area contributed by atoms with E-state index in [1.54, 1.807) is 18.2 Å². The van der Waals surface area contributed by atoms with Crippen LogP contribution < -0.4 is 4.72 Å². The Balaban J connectivity index is 1.65. The van der Waals surface area contributed by atoms with E-state index in [4.69, 9.17) is 0 Å². The number of alkyl halides is 3. The molecule has 180 valence electrons. The number of nitriles is 1. The van der Waals surface area contributed by atoms with Crippen LogP contribution in [0, 0.1) is 11.3 Å². The summed E-state index contributed by atoms with van der Waals surface area (Å²) in [4.78, 5) is 12.8. The molecule has 0 heterocycles. The minimum atomic E-state index is -4.52. The molecule has 1 aliphatic rings. The van der Waals surface area contributed by atoms with Gasteiger partial charge in [0.1, 0.15) is 11.3 Å². The van der Waals surface area contributed by atoms with E-state index >= 15 is 0 Å². The summed E-state index contributed by atoms with van der Waals surface area (Å²) >= 11 is 0. The van der Waals surface area contributed by atoms with Crippen molar-refractivity contribution in [3.8, 4) is 17.2 Å². The maximum atomic E-state index is 13.0. The van der Waals surface area contributed by atoms with Crippen molar-refractivity contribution in [2.24, 2.45) is 0 Å². The van der Waals surface area contributed by atoms with Gasteiger partial charge in [0.15, 0.2) is 0 Å². The first-order chi connectivity index (χ1) is 16.5. The molecule has 3 aromatic carbocycles. The molecule has 0 aromatic heterocycles. The second-order valence-electron chi connectivity index (χ2n) is 8.57. The molecule has 1 N–H and O–H groups in total. The van der Waals surface area contributed by atoms with Crippen molar-refractivity contribution in [2.75, 3.05) is 0 Å². The molecule has 5 nitrogen and oxygen atoms in total. The van der Waals surface area contributed by atoms with Crippen molar-refractivity contribution < 1.29 is 26.4 Å². The third-order valence-electron chi connectivity index (χ3n) is 5.81. The first-order valence-electron chi connectivity index (χ1n) is 10.8. The summed E-state index contributed by atoms with van der Waals surface area (Å²) in [6, 6.07) is 20.0. The number of carbonyl (C=O) groups excluding carboxylic acids is 1. The van der Waals surface area contributed by atoms with E-state index in [2.05, 4.69) is 4.72 Å². The summed E-state index contributed by atoms with van der Waals surface area (Å²) in [5, 5.41) is 9.25. The van der Waals surface area contributed by atoms with Crippen LogP contribution in [-0.2, 0) is 33.8 Å². The number of hydrogen-bond acceptors (Lipinski definition) is 4. The first kappa shape index (κ1) is 24.6. The Hall–Kier alpha value is -3.48. The Bertz CT molecular complexity index is 1410. The highest BCUT2D eigenvalue weighted by Gasteiger charge is 2.46. The molecule has 0 bridgehead atoms. The number of halogens is 3. The lowest BCUT2D eigenvalue weighted by molar-refractivity contribution is -0.137. The van der Waals surface area contributed by atoms with Crippen molar-refractivity contribution in [1.82, 2.24) is 4.72 Å². The number of Topliss-reactive ketones (excluding diaryl/α,β-unsaturated/α-hetero) is 1. The number of sulfonamides is 1. The molecule has 35 heavy (non-hydrogen) atoms. The van der Waals surface area contributed by atoms with Crippen molar-refractivity contribution in [1.29, 1.82) is 5.26 Å². The lowest BCUT2D eigenvalue weighted by Gasteiger charge is -2.15. The van der Waals surface area contributed by atoms with Gasteiger partial charge in [-0.3, -0.25) is 4.79 Å². The van der Waals surface area contributed by atoms with Crippen LogP contribution in [0.2, 0.25) is 0 Å². The normalized spacial score (nSPS) is 14.8. The predicted molar refractivity (Wildman–Crippen MR) is 124 cm³/mol. The quantitative estimate of drug-likeness (QED) is 0.470. The summed E-state index contributed by atoms with van der Waals surface area (Å²) in [6.07, 6.45) is -4.07. The maximum Gasteiger partial charge on any atom is 0.416 e. The van der Waals surface area contributed by atoms with Gasteiger partial charge in [0.05, 0.1) is 16.5 Å². The van der Waals surface area contributed by atoms with Crippen molar-refractivity contribution in [3.05, 3.63) is 89.5 Å². The van der Waals surface area contributed by atoms with Crippen LogP contribution in [0.3, 0.4) is 0 Å². The summed E-state index contributed by atoms with van der Waals surface area (Å²) < 4.78 is 67.3. The third-order valence-corrected chi connectivity index (χ3v) is 7.34. The van der Waals surface area contributed by atoms with Gasteiger partial charge in [-0.1, -0.05) is 54.6 Å². The Labute approximate surface area is 201 Å². The minimum absolute atomic E-state index is 0.0828. The number of benzene rings is 3. The Morgan fingerprint density at radius 2 is 1.69 bits per heavy atom. The molecule has 4 rings (SSSR count). The van der Waals surface area contributed by atoms with Gasteiger partial charge in [-0.2, -0.15) is 23.2 Å². The fourth-order valence-corrected chi connectivity index (χ4v) is 5.25. The zero-order valence-corrected chi connectivity index (χ0v) is 19.3. The SMILES string of the molecule is N#CC1(NS(=O)(=O)c2ccc(-c3ccccc3)c(CC(=O)Cc3cccc(C(F)(F)F)c3)c2)CC1. The fourth-order valence-electron chi connectivity index (χ4n) is 3.82. The number of ketones is 1. The third kappa shape index (κ3) is 5.78. The molecule has 0 amide bonds. The molecule has 1 aliphatic carbocycles. The van der Waals surface area contributed by atoms with Gasteiger partial charge >= 0.3 is 6.18 Å². The molecule has 0 saturated heterocycles. The average Bonchev–Trinajstić information content (AvgIpc) is 3.58. The number of nitrogens with zero attached hydrogens (tertiary/aromatic N) is 1. The predicted octanol–water partition coefficient (Wildman–Crippen LogP) is 5.06. The van der Waals surface area contributed by atoms with E-state index in [1.807, 2.05) is 24.3 Å². The van der Waals surface area contributed by atoms with E-state index in [9.17, 15) is 31.6 Å². The molecule has 9 heteroatoms. The van der Waals surface area contributed by atoms with Gasteiger partial charge < -0.3 is 0 Å². The van der Waals surface area contributed by atoms with Gasteiger partial charge in [-0.05, 0) is 53.3 Å². The highest BCUT2D eigenvalue weighted by Crippen LogP contribution is 2.36.